The van der Waals surface area contributed by atoms with E-state index in [4.69, 9.17) is 0 Å². The number of rotatable bonds is 5. The number of carbonyl (C=O) groups excluding carboxylic acids is 1. The third-order valence-electron chi connectivity index (χ3n) is 2.11. The summed E-state index contributed by atoms with van der Waals surface area (Å²) in [5, 5.41) is -3.02. The molecule has 0 aliphatic rings. The molecule has 12 heteroatoms. The summed E-state index contributed by atoms with van der Waals surface area (Å²) in [5.41, 5.74) is 0.0998. The Morgan fingerprint density at radius 3 is 2.00 bits per heavy atom. The molecule has 0 atom stereocenters. The molecule has 0 fully saturated rings. The van der Waals surface area contributed by atoms with Crippen molar-refractivity contribution >= 4 is 23.5 Å². The van der Waals surface area contributed by atoms with Crippen molar-refractivity contribution in [3.8, 4) is 0 Å². The molecule has 1 aromatic rings. The zero-order chi connectivity index (χ0) is 17.9. The lowest BCUT2D eigenvalue weighted by Gasteiger charge is -2.26. The van der Waals surface area contributed by atoms with E-state index < -0.39 is 40.5 Å². The van der Waals surface area contributed by atoms with E-state index >= 15 is 0 Å². The maximum atomic E-state index is 13.3. The van der Waals surface area contributed by atoms with Crippen LogP contribution in [0.15, 0.2) is 29.2 Å². The van der Waals surface area contributed by atoms with E-state index in [2.05, 4.69) is 14.8 Å². The predicted molar refractivity (Wildman–Crippen MR) is 65.4 cm³/mol. The van der Waals surface area contributed by atoms with Crippen LogP contribution in [-0.4, -0.2) is 30.9 Å². The van der Waals surface area contributed by atoms with Gasteiger partial charge in [0.25, 0.3) is 0 Å². The van der Waals surface area contributed by atoms with Crippen LogP contribution >= 0.6 is 11.8 Å². The normalized spacial score (nSPS) is 12.9. The fourth-order valence-electron chi connectivity index (χ4n) is 1.19. The average Bonchev–Trinajstić information content (AvgIpc) is 2.37. The second-order valence-corrected chi connectivity index (χ2v) is 5.01. The maximum Gasteiger partial charge on any atom is 0.527 e. The van der Waals surface area contributed by atoms with Gasteiger partial charge >= 0.3 is 23.8 Å². The molecule has 1 N–H and O–H groups in total. The van der Waals surface area contributed by atoms with E-state index in [0.717, 1.165) is 31.4 Å². The lowest BCUT2D eigenvalue weighted by molar-refractivity contribution is -0.451. The lowest BCUT2D eigenvalue weighted by atomic mass is 10.3. The topological polar surface area (TPSA) is 47.6 Å². The molecule has 1 amide bonds. The third-order valence-corrected chi connectivity index (χ3v) is 3.12. The summed E-state index contributed by atoms with van der Waals surface area (Å²) < 4.78 is 94.0. The first-order valence-corrected chi connectivity index (χ1v) is 6.34. The third kappa shape index (κ3) is 5.78. The van der Waals surface area contributed by atoms with Crippen LogP contribution in [0.2, 0.25) is 0 Å². The number of carbonyl (C=O) groups is 1. The molecule has 1 aromatic carbocycles. The van der Waals surface area contributed by atoms with E-state index in [9.17, 15) is 35.5 Å². The zero-order valence-electron chi connectivity index (χ0n) is 11.1. The molecule has 0 heterocycles. The minimum Gasteiger partial charge on any atom is -0.453 e. The largest absolute Gasteiger partial charge is 0.527 e. The van der Waals surface area contributed by atoms with Gasteiger partial charge in [-0.05, 0) is 36.0 Å². The number of anilines is 1. The second-order valence-electron chi connectivity index (χ2n) is 3.82. The van der Waals surface area contributed by atoms with E-state index in [1.807, 2.05) is 0 Å². The van der Waals surface area contributed by atoms with Crippen LogP contribution in [0, 0.1) is 0 Å². The summed E-state index contributed by atoms with van der Waals surface area (Å²) >= 11 is -0.825. The van der Waals surface area contributed by atoms with Crippen molar-refractivity contribution in [3.05, 3.63) is 24.3 Å². The second kappa shape index (κ2) is 6.83. The number of ether oxygens (including phenoxy) is 2. The van der Waals surface area contributed by atoms with Gasteiger partial charge < -0.3 is 4.74 Å². The Hall–Kier alpha value is -1.69. The SMILES string of the molecule is COC(=O)Nc1ccc(SC(F)(F)C(F)(F)OC(F)(F)F)cc1. The molecule has 0 saturated carbocycles. The number of methoxy groups -OCH3 is 1. The fraction of sp³-hybridized carbons (Fsp3) is 0.364. The monoisotopic (exact) mass is 367 g/mol. The van der Waals surface area contributed by atoms with Crippen LogP contribution in [0.5, 0.6) is 0 Å². The van der Waals surface area contributed by atoms with Gasteiger partial charge in [0, 0.05) is 10.6 Å². The Morgan fingerprint density at radius 2 is 1.57 bits per heavy atom. The van der Waals surface area contributed by atoms with E-state index in [1.54, 1.807) is 0 Å². The Labute approximate surface area is 128 Å². The number of hydrogen-bond acceptors (Lipinski definition) is 4. The number of hydrogen-bond donors (Lipinski definition) is 1. The van der Waals surface area contributed by atoms with Gasteiger partial charge in [-0.25, -0.2) is 9.53 Å². The minimum atomic E-state index is -5.93. The molecule has 0 unspecified atom stereocenters. The van der Waals surface area contributed by atoms with Crippen molar-refractivity contribution in [2.45, 2.75) is 22.6 Å². The number of amides is 1. The smallest absolute Gasteiger partial charge is 0.453 e. The summed E-state index contributed by atoms with van der Waals surface area (Å²) in [6.07, 6.45) is -12.6. The molecule has 1 rings (SSSR count). The molecule has 23 heavy (non-hydrogen) atoms. The van der Waals surface area contributed by atoms with Crippen molar-refractivity contribution in [1.29, 1.82) is 0 Å². The molecule has 0 saturated heterocycles. The highest BCUT2D eigenvalue weighted by Gasteiger charge is 2.63. The first-order chi connectivity index (χ1) is 10.4. The molecule has 0 aliphatic heterocycles. The Bertz CT molecular complexity index is 548. The van der Waals surface area contributed by atoms with E-state index in [-0.39, 0.29) is 5.69 Å². The first-order valence-electron chi connectivity index (χ1n) is 5.53. The molecule has 4 nitrogen and oxygen atoms in total. The number of alkyl halides is 7. The van der Waals surface area contributed by atoms with Crippen molar-refractivity contribution in [2.24, 2.45) is 0 Å². The molecular formula is C11H8F7NO3S. The zero-order valence-corrected chi connectivity index (χ0v) is 11.9. The van der Waals surface area contributed by atoms with Gasteiger partial charge in [-0.15, -0.1) is 13.2 Å². The van der Waals surface area contributed by atoms with Gasteiger partial charge in [-0.2, -0.15) is 17.6 Å². The quantitative estimate of drug-likeness (QED) is 0.607. The van der Waals surface area contributed by atoms with Gasteiger partial charge in [-0.3, -0.25) is 5.32 Å². The van der Waals surface area contributed by atoms with Crippen molar-refractivity contribution < 1.29 is 45.0 Å². The van der Waals surface area contributed by atoms with Crippen molar-refractivity contribution in [1.82, 2.24) is 0 Å². The molecular weight excluding hydrogens is 359 g/mol. The molecule has 130 valence electrons. The highest BCUT2D eigenvalue weighted by atomic mass is 32.2. The predicted octanol–water partition coefficient (Wildman–Crippen LogP) is 4.68. The lowest BCUT2D eigenvalue weighted by Crippen LogP contribution is -2.43. The molecule has 0 aliphatic carbocycles. The minimum absolute atomic E-state index is 0.0998. The fourth-order valence-corrected chi connectivity index (χ4v) is 1.92. The standard InChI is InChI=1S/C11H8F7NO3S/c1-21-8(20)19-6-2-4-7(5-3-6)23-10(14,15)9(12,13)22-11(16,17)18/h2-5H,1H3,(H,19,20). The number of nitrogens with one attached hydrogen (secondary N) is 1. The number of benzene rings is 1. The van der Waals surface area contributed by atoms with Gasteiger partial charge in [0.15, 0.2) is 0 Å². The Balaban J connectivity index is 2.82. The summed E-state index contributed by atoms with van der Waals surface area (Å²) in [6.45, 7) is 0. The summed E-state index contributed by atoms with van der Waals surface area (Å²) in [5.74, 6) is 0. The van der Waals surface area contributed by atoms with Crippen LogP contribution in [0.3, 0.4) is 0 Å². The Kier molecular flexibility index (Phi) is 5.74. The van der Waals surface area contributed by atoms with Gasteiger partial charge in [0.1, 0.15) is 0 Å². The highest BCUT2D eigenvalue weighted by molar-refractivity contribution is 8.00. The van der Waals surface area contributed by atoms with Crippen LogP contribution in [0.1, 0.15) is 0 Å². The Morgan fingerprint density at radius 1 is 1.04 bits per heavy atom. The summed E-state index contributed by atoms with van der Waals surface area (Å²) in [6, 6.07) is 3.93. The van der Waals surface area contributed by atoms with Crippen LogP contribution in [0.25, 0.3) is 0 Å². The molecule has 0 bridgehead atoms. The highest BCUT2D eigenvalue weighted by Crippen LogP contribution is 2.49. The van der Waals surface area contributed by atoms with Gasteiger partial charge in [0.05, 0.1) is 7.11 Å². The van der Waals surface area contributed by atoms with E-state index in [0.29, 0.717) is 0 Å². The molecule has 0 aromatic heterocycles. The van der Waals surface area contributed by atoms with Crippen molar-refractivity contribution in [2.75, 3.05) is 12.4 Å². The molecule has 0 radical (unpaired) electrons. The van der Waals surface area contributed by atoms with E-state index in [1.165, 1.54) is 0 Å². The average molecular weight is 367 g/mol. The van der Waals surface area contributed by atoms with Crippen molar-refractivity contribution in [3.63, 3.8) is 0 Å². The van der Waals surface area contributed by atoms with Crippen LogP contribution < -0.4 is 5.32 Å². The first kappa shape index (κ1) is 19.4. The number of thioether (sulfide) groups is 1. The van der Waals surface area contributed by atoms with Gasteiger partial charge in [0.2, 0.25) is 0 Å². The summed E-state index contributed by atoms with van der Waals surface area (Å²) in [7, 11) is 1.07. The maximum absolute atomic E-state index is 13.3. The van der Waals surface area contributed by atoms with Crippen LogP contribution in [-0.2, 0) is 9.47 Å². The number of halogens is 7. The molecule has 0 spiro atoms. The van der Waals surface area contributed by atoms with Crippen LogP contribution in [0.4, 0.5) is 41.2 Å². The van der Waals surface area contributed by atoms with Gasteiger partial charge in [-0.1, -0.05) is 0 Å². The summed E-state index contributed by atoms with van der Waals surface area (Å²) in [4.78, 5) is 10.4.